The van der Waals surface area contributed by atoms with Crippen molar-refractivity contribution >= 4 is 17.5 Å². The van der Waals surface area contributed by atoms with Crippen molar-refractivity contribution < 1.29 is 0 Å². The van der Waals surface area contributed by atoms with Crippen molar-refractivity contribution in [2.24, 2.45) is 7.05 Å². The summed E-state index contributed by atoms with van der Waals surface area (Å²) in [5, 5.41) is 7.97. The van der Waals surface area contributed by atoms with E-state index in [1.165, 1.54) is 0 Å². The lowest BCUT2D eigenvalue weighted by atomic mass is 10.1. The monoisotopic (exact) mass is 340 g/mol. The summed E-state index contributed by atoms with van der Waals surface area (Å²) >= 11 is 0. The maximum Gasteiger partial charge on any atom is 0.254 e. The molecule has 8 nitrogen and oxygen atoms in total. The minimum atomic E-state index is 0.417. The van der Waals surface area contributed by atoms with Crippen LogP contribution in [0.2, 0.25) is 0 Å². The van der Waals surface area contributed by atoms with Crippen LogP contribution in [-0.2, 0) is 13.5 Å². The second-order valence-electron chi connectivity index (χ2n) is 6.60. The first-order chi connectivity index (χ1) is 12.2. The van der Waals surface area contributed by atoms with E-state index in [4.69, 9.17) is 0 Å². The van der Waals surface area contributed by atoms with E-state index >= 15 is 0 Å². The predicted octanol–water partition coefficient (Wildman–Crippen LogP) is 1.89. The molecule has 1 saturated heterocycles. The standard InChI is InChI=1S/C17H24N8/c1-3-4-14-11-15(25-16(22-14)19-12-20-25)21-13-5-8-24(9-6-13)17-18-7-10-23(17)2/h7,10-13,21H,3-6,8-9H2,1-2H3. The molecule has 0 bridgehead atoms. The first-order valence-corrected chi connectivity index (χ1v) is 8.93. The molecule has 8 heteroatoms. The van der Waals surface area contributed by atoms with Crippen molar-refractivity contribution in [2.75, 3.05) is 23.3 Å². The fourth-order valence-electron chi connectivity index (χ4n) is 3.44. The maximum absolute atomic E-state index is 4.56. The molecule has 0 aliphatic carbocycles. The Labute approximate surface area is 146 Å². The molecule has 132 valence electrons. The van der Waals surface area contributed by atoms with Gasteiger partial charge in [0.1, 0.15) is 12.1 Å². The number of fused-ring (bicyclic) bond motifs is 1. The lowest BCUT2D eigenvalue weighted by molar-refractivity contribution is 0.513. The van der Waals surface area contributed by atoms with E-state index in [1.54, 1.807) is 10.8 Å². The third kappa shape index (κ3) is 3.16. The molecule has 0 saturated carbocycles. The summed E-state index contributed by atoms with van der Waals surface area (Å²) in [5.41, 5.74) is 1.07. The molecule has 1 N–H and O–H groups in total. The fourth-order valence-corrected chi connectivity index (χ4v) is 3.44. The number of anilines is 2. The van der Waals surface area contributed by atoms with Gasteiger partial charge in [0.2, 0.25) is 5.95 Å². The van der Waals surface area contributed by atoms with Crippen molar-refractivity contribution in [3.63, 3.8) is 0 Å². The number of aryl methyl sites for hydroxylation is 2. The Morgan fingerprint density at radius 3 is 2.80 bits per heavy atom. The van der Waals surface area contributed by atoms with Crippen LogP contribution >= 0.6 is 0 Å². The Kier molecular flexibility index (Phi) is 4.25. The molecular formula is C17H24N8. The average molecular weight is 340 g/mol. The van der Waals surface area contributed by atoms with E-state index in [1.807, 2.05) is 19.4 Å². The highest BCUT2D eigenvalue weighted by atomic mass is 15.4. The lowest BCUT2D eigenvalue weighted by Crippen LogP contribution is -2.40. The van der Waals surface area contributed by atoms with Crippen molar-refractivity contribution in [2.45, 2.75) is 38.6 Å². The zero-order chi connectivity index (χ0) is 17.2. The van der Waals surface area contributed by atoms with Gasteiger partial charge in [-0.1, -0.05) is 13.3 Å². The van der Waals surface area contributed by atoms with Crippen molar-refractivity contribution in [3.05, 3.63) is 30.5 Å². The van der Waals surface area contributed by atoms with Crippen LogP contribution in [0.5, 0.6) is 0 Å². The molecule has 4 heterocycles. The van der Waals surface area contributed by atoms with E-state index in [0.29, 0.717) is 11.8 Å². The highest BCUT2D eigenvalue weighted by molar-refractivity contribution is 5.46. The van der Waals surface area contributed by atoms with Gasteiger partial charge in [-0.05, 0) is 19.3 Å². The Morgan fingerprint density at radius 1 is 1.24 bits per heavy atom. The smallest absolute Gasteiger partial charge is 0.254 e. The molecule has 0 spiro atoms. The van der Waals surface area contributed by atoms with Gasteiger partial charge >= 0.3 is 0 Å². The van der Waals surface area contributed by atoms with Gasteiger partial charge in [0.15, 0.2) is 0 Å². The van der Waals surface area contributed by atoms with Crippen LogP contribution in [0.15, 0.2) is 24.8 Å². The lowest BCUT2D eigenvalue weighted by Gasteiger charge is -2.33. The molecule has 3 aromatic rings. The molecule has 1 aliphatic rings. The summed E-state index contributed by atoms with van der Waals surface area (Å²) in [4.78, 5) is 15.6. The van der Waals surface area contributed by atoms with E-state index in [9.17, 15) is 0 Å². The van der Waals surface area contributed by atoms with Crippen molar-refractivity contribution in [3.8, 4) is 0 Å². The van der Waals surface area contributed by atoms with Crippen LogP contribution in [-0.4, -0.2) is 48.3 Å². The van der Waals surface area contributed by atoms with Crippen molar-refractivity contribution in [1.29, 1.82) is 0 Å². The minimum Gasteiger partial charge on any atom is -0.367 e. The van der Waals surface area contributed by atoms with E-state index in [-0.39, 0.29) is 0 Å². The van der Waals surface area contributed by atoms with Crippen LogP contribution in [0, 0.1) is 0 Å². The number of rotatable bonds is 5. The molecule has 25 heavy (non-hydrogen) atoms. The van der Waals surface area contributed by atoms with Crippen molar-refractivity contribution in [1.82, 2.24) is 29.1 Å². The summed E-state index contributed by atoms with van der Waals surface area (Å²) in [6, 6.07) is 2.52. The molecule has 0 atom stereocenters. The van der Waals surface area contributed by atoms with Crippen LogP contribution in [0.4, 0.5) is 11.8 Å². The third-order valence-electron chi connectivity index (χ3n) is 4.74. The Balaban J connectivity index is 1.47. The molecular weight excluding hydrogens is 316 g/mol. The van der Waals surface area contributed by atoms with E-state index < -0.39 is 0 Å². The average Bonchev–Trinajstić information content (AvgIpc) is 3.25. The van der Waals surface area contributed by atoms with Gasteiger partial charge in [-0.3, -0.25) is 0 Å². The van der Waals surface area contributed by atoms with Gasteiger partial charge in [0, 0.05) is 50.3 Å². The minimum absolute atomic E-state index is 0.417. The molecule has 3 aromatic heterocycles. The predicted molar refractivity (Wildman–Crippen MR) is 96.8 cm³/mol. The van der Waals surface area contributed by atoms with Gasteiger partial charge in [-0.2, -0.15) is 14.6 Å². The number of hydrogen-bond donors (Lipinski definition) is 1. The summed E-state index contributed by atoms with van der Waals surface area (Å²) in [6.07, 6.45) is 9.56. The SMILES string of the molecule is CCCc1cc(NC2CCN(c3nccn3C)CC2)n2ncnc2n1. The topological polar surface area (TPSA) is 76.2 Å². The second kappa shape index (κ2) is 6.70. The normalized spacial score (nSPS) is 15.8. The molecule has 0 aromatic carbocycles. The molecule has 4 rings (SSSR count). The molecule has 1 aliphatic heterocycles. The number of aromatic nitrogens is 6. The molecule has 0 unspecified atom stereocenters. The summed E-state index contributed by atoms with van der Waals surface area (Å²) < 4.78 is 3.87. The highest BCUT2D eigenvalue weighted by Gasteiger charge is 2.22. The Hall–Kier alpha value is -2.64. The number of piperidine rings is 1. The number of nitrogens with zero attached hydrogens (tertiary/aromatic N) is 7. The van der Waals surface area contributed by atoms with Gasteiger partial charge in [-0.15, -0.1) is 0 Å². The zero-order valence-corrected chi connectivity index (χ0v) is 14.8. The Morgan fingerprint density at radius 2 is 2.08 bits per heavy atom. The zero-order valence-electron chi connectivity index (χ0n) is 14.8. The molecule has 0 radical (unpaired) electrons. The summed E-state index contributed by atoms with van der Waals surface area (Å²) in [5.74, 6) is 2.70. The van der Waals surface area contributed by atoms with Crippen LogP contribution in [0.1, 0.15) is 31.9 Å². The quantitative estimate of drug-likeness (QED) is 0.764. The largest absolute Gasteiger partial charge is 0.367 e. The maximum atomic E-state index is 4.56. The number of hydrogen-bond acceptors (Lipinski definition) is 6. The van der Waals surface area contributed by atoms with E-state index in [0.717, 1.165) is 56.2 Å². The van der Waals surface area contributed by atoms with Gasteiger partial charge in [0.25, 0.3) is 5.78 Å². The fraction of sp³-hybridized carbons (Fsp3) is 0.529. The number of nitrogens with one attached hydrogen (secondary N) is 1. The van der Waals surface area contributed by atoms with E-state index in [2.05, 4.69) is 47.8 Å². The second-order valence-corrected chi connectivity index (χ2v) is 6.60. The first kappa shape index (κ1) is 15.9. The summed E-state index contributed by atoms with van der Waals surface area (Å²) in [7, 11) is 2.04. The van der Waals surface area contributed by atoms with Gasteiger partial charge in [-0.25, -0.2) is 9.97 Å². The molecule has 1 fully saturated rings. The Bertz CT molecular complexity index is 843. The van der Waals surface area contributed by atoms with Crippen LogP contribution in [0.3, 0.4) is 0 Å². The van der Waals surface area contributed by atoms with Crippen LogP contribution < -0.4 is 10.2 Å². The number of imidazole rings is 1. The van der Waals surface area contributed by atoms with Gasteiger partial charge in [0.05, 0.1) is 0 Å². The highest BCUT2D eigenvalue weighted by Crippen LogP contribution is 2.21. The van der Waals surface area contributed by atoms with Gasteiger partial charge < -0.3 is 14.8 Å². The third-order valence-corrected chi connectivity index (χ3v) is 4.74. The molecule has 0 amide bonds. The first-order valence-electron chi connectivity index (χ1n) is 8.93. The van der Waals surface area contributed by atoms with Crippen LogP contribution in [0.25, 0.3) is 5.78 Å². The summed E-state index contributed by atoms with van der Waals surface area (Å²) in [6.45, 7) is 4.15.